The first-order valence-corrected chi connectivity index (χ1v) is 4.91. The lowest BCUT2D eigenvalue weighted by Gasteiger charge is -2.19. The van der Waals surface area contributed by atoms with Gasteiger partial charge in [0.2, 0.25) is 11.8 Å². The van der Waals surface area contributed by atoms with E-state index in [9.17, 15) is 34.2 Å². The van der Waals surface area contributed by atoms with Crippen molar-refractivity contribution in [3.63, 3.8) is 0 Å². The minimum Gasteiger partial charge on any atom is -0.550 e. The molecule has 19 heavy (non-hydrogen) atoms. The first-order chi connectivity index (χ1) is 8.81. The molecule has 0 aromatic rings. The van der Waals surface area contributed by atoms with Gasteiger partial charge in [-0.1, -0.05) is 0 Å². The zero-order valence-electron chi connectivity index (χ0n) is 9.24. The number of amides is 4. The van der Waals surface area contributed by atoms with E-state index < -0.39 is 48.2 Å². The maximum absolute atomic E-state index is 11.2. The lowest BCUT2D eigenvalue weighted by atomic mass is 10.1. The van der Waals surface area contributed by atoms with Crippen LogP contribution in [0.4, 0.5) is 4.79 Å². The Hall–Kier alpha value is -2.78. The molecule has 1 aliphatic heterocycles. The van der Waals surface area contributed by atoms with Crippen LogP contribution >= 0.6 is 0 Å². The highest BCUT2D eigenvalue weighted by Crippen LogP contribution is 2.02. The minimum atomic E-state index is -1.80. The molecule has 0 saturated carbocycles. The van der Waals surface area contributed by atoms with Gasteiger partial charge in [-0.05, 0) is 0 Å². The predicted octanol–water partition coefficient (Wildman–Crippen LogP) is -4.70. The molecule has 0 unspecified atom stereocenters. The molecular weight excluding hydrogens is 262 g/mol. The molecule has 0 aliphatic carbocycles. The fraction of sp³-hybridized carbons (Fsp3) is 0.333. The number of barbiturate groups is 1. The van der Waals surface area contributed by atoms with Crippen molar-refractivity contribution in [3.05, 3.63) is 0 Å². The summed E-state index contributed by atoms with van der Waals surface area (Å²) in [7, 11) is 0. The van der Waals surface area contributed by atoms with Crippen LogP contribution in [0.1, 0.15) is 6.42 Å². The molecule has 4 amide bonds. The first-order valence-electron chi connectivity index (χ1n) is 4.91. The molecule has 0 radical (unpaired) electrons. The number of carbonyl (C=O) groups is 5. The van der Waals surface area contributed by atoms with Gasteiger partial charge in [-0.3, -0.25) is 25.2 Å². The number of nitrogens with zero attached hydrogens (tertiary/aromatic N) is 1. The number of carboxylic acid groups (broad SMARTS) is 2. The number of carboxylic acids is 2. The van der Waals surface area contributed by atoms with Crippen LogP contribution in [-0.2, 0) is 19.2 Å². The van der Waals surface area contributed by atoms with Crippen molar-refractivity contribution in [1.29, 1.82) is 0 Å². The molecule has 1 rings (SSSR count). The Labute approximate surface area is 105 Å². The number of imide groups is 2. The standard InChI is InChI=1S/C9H9N3O7/c13-5(14)1-4(8(17)18)10-2-3-6(15)11-9(19)12-7(3)16/h2-4H,1H2,(H,13,14)(H,17,18)(H2,11,12,15,16,19)/p-2/t4-/m0/s1. The summed E-state index contributed by atoms with van der Waals surface area (Å²) in [6.07, 6.45) is -0.325. The SMILES string of the molecule is O=C([O-])C[C@H](N=CC1C(=O)NC(=O)NC1=O)C(=O)[O-]. The smallest absolute Gasteiger partial charge is 0.328 e. The molecule has 1 fully saturated rings. The second-order valence-corrected chi connectivity index (χ2v) is 3.49. The fourth-order valence-electron chi connectivity index (χ4n) is 1.21. The Morgan fingerprint density at radius 2 is 1.74 bits per heavy atom. The quantitative estimate of drug-likeness (QED) is 0.373. The predicted molar refractivity (Wildman–Crippen MR) is 52.1 cm³/mol. The lowest BCUT2D eigenvalue weighted by Crippen LogP contribution is -2.56. The van der Waals surface area contributed by atoms with E-state index in [2.05, 4.69) is 4.99 Å². The zero-order valence-corrected chi connectivity index (χ0v) is 9.24. The topological polar surface area (TPSA) is 168 Å². The molecule has 1 aliphatic rings. The number of nitrogens with one attached hydrogen (secondary N) is 2. The van der Waals surface area contributed by atoms with Crippen LogP contribution in [0.2, 0.25) is 0 Å². The van der Waals surface area contributed by atoms with Crippen LogP contribution in [-0.4, -0.2) is 42.0 Å². The Kier molecular flexibility index (Phi) is 4.29. The van der Waals surface area contributed by atoms with Crippen LogP contribution in [0.5, 0.6) is 0 Å². The van der Waals surface area contributed by atoms with Crippen molar-refractivity contribution in [2.75, 3.05) is 0 Å². The summed E-state index contributed by atoms with van der Waals surface area (Å²) in [5.74, 6) is -7.00. The maximum atomic E-state index is 11.2. The summed E-state index contributed by atoms with van der Waals surface area (Å²) in [6, 6.07) is -2.80. The fourth-order valence-corrected chi connectivity index (χ4v) is 1.21. The summed E-state index contributed by atoms with van der Waals surface area (Å²) < 4.78 is 0. The van der Waals surface area contributed by atoms with Crippen LogP contribution < -0.4 is 20.8 Å². The summed E-state index contributed by atoms with van der Waals surface area (Å²) in [5, 5.41) is 24.3. The normalized spacial score (nSPS) is 18.0. The molecule has 0 aromatic carbocycles. The van der Waals surface area contributed by atoms with E-state index in [1.807, 2.05) is 0 Å². The highest BCUT2D eigenvalue weighted by molar-refractivity contribution is 6.23. The molecule has 0 bridgehead atoms. The highest BCUT2D eigenvalue weighted by Gasteiger charge is 2.32. The van der Waals surface area contributed by atoms with Gasteiger partial charge in [0.15, 0.2) is 5.92 Å². The Morgan fingerprint density at radius 1 is 1.21 bits per heavy atom. The van der Waals surface area contributed by atoms with E-state index in [1.54, 1.807) is 10.6 Å². The number of hydrogen-bond donors (Lipinski definition) is 2. The zero-order chi connectivity index (χ0) is 14.6. The summed E-state index contributed by atoms with van der Waals surface area (Å²) >= 11 is 0. The Balaban J connectivity index is 2.80. The average Bonchev–Trinajstić information content (AvgIpc) is 2.25. The second-order valence-electron chi connectivity index (χ2n) is 3.49. The number of aliphatic imine (C=N–C) groups is 1. The van der Waals surface area contributed by atoms with Gasteiger partial charge in [0.05, 0.1) is 12.0 Å². The van der Waals surface area contributed by atoms with Crippen molar-refractivity contribution < 1.29 is 34.2 Å². The number of hydrogen-bond acceptors (Lipinski definition) is 8. The number of rotatable bonds is 5. The van der Waals surface area contributed by atoms with Gasteiger partial charge in [0, 0.05) is 18.6 Å². The molecule has 1 atom stereocenters. The molecule has 2 N–H and O–H groups in total. The van der Waals surface area contributed by atoms with Gasteiger partial charge in [-0.2, -0.15) is 0 Å². The highest BCUT2D eigenvalue weighted by atomic mass is 16.4. The third kappa shape index (κ3) is 3.87. The van der Waals surface area contributed by atoms with Crippen LogP contribution in [0.3, 0.4) is 0 Å². The van der Waals surface area contributed by atoms with E-state index in [0.717, 1.165) is 0 Å². The van der Waals surface area contributed by atoms with E-state index in [1.165, 1.54) is 0 Å². The molecular formula is C9H7N3O7-2. The summed E-state index contributed by atoms with van der Waals surface area (Å²) in [4.78, 5) is 57.3. The monoisotopic (exact) mass is 269 g/mol. The summed E-state index contributed by atoms with van der Waals surface area (Å²) in [5.41, 5.74) is 0. The van der Waals surface area contributed by atoms with Crippen molar-refractivity contribution in [2.24, 2.45) is 10.9 Å². The lowest BCUT2D eigenvalue weighted by molar-refractivity contribution is -0.316. The molecule has 10 nitrogen and oxygen atoms in total. The molecule has 1 saturated heterocycles. The Bertz CT molecular complexity index is 464. The van der Waals surface area contributed by atoms with Crippen LogP contribution in [0, 0.1) is 5.92 Å². The largest absolute Gasteiger partial charge is 0.550 e. The van der Waals surface area contributed by atoms with E-state index in [0.29, 0.717) is 6.21 Å². The van der Waals surface area contributed by atoms with Crippen LogP contribution in [0.15, 0.2) is 4.99 Å². The molecule has 0 spiro atoms. The van der Waals surface area contributed by atoms with Crippen molar-refractivity contribution in [2.45, 2.75) is 12.5 Å². The van der Waals surface area contributed by atoms with Gasteiger partial charge < -0.3 is 19.8 Å². The van der Waals surface area contributed by atoms with Gasteiger partial charge in [-0.25, -0.2) is 4.79 Å². The van der Waals surface area contributed by atoms with Crippen LogP contribution in [0.25, 0.3) is 0 Å². The molecule has 102 valence electrons. The third-order valence-electron chi connectivity index (χ3n) is 2.09. The van der Waals surface area contributed by atoms with Crippen molar-refractivity contribution in [1.82, 2.24) is 10.6 Å². The van der Waals surface area contributed by atoms with E-state index in [4.69, 9.17) is 0 Å². The molecule has 1 heterocycles. The maximum Gasteiger partial charge on any atom is 0.328 e. The summed E-state index contributed by atoms with van der Waals surface area (Å²) in [6.45, 7) is 0. The van der Waals surface area contributed by atoms with Gasteiger partial charge in [0.1, 0.15) is 0 Å². The van der Waals surface area contributed by atoms with Crippen molar-refractivity contribution >= 4 is 36.0 Å². The minimum absolute atomic E-state index is 0.639. The molecule has 0 aromatic heterocycles. The average molecular weight is 269 g/mol. The van der Waals surface area contributed by atoms with E-state index in [-0.39, 0.29) is 0 Å². The number of aliphatic carboxylic acids is 2. The van der Waals surface area contributed by atoms with Gasteiger partial charge in [-0.15, -0.1) is 0 Å². The first kappa shape index (κ1) is 14.3. The second kappa shape index (κ2) is 5.71. The number of urea groups is 1. The van der Waals surface area contributed by atoms with E-state index >= 15 is 0 Å². The third-order valence-corrected chi connectivity index (χ3v) is 2.09. The van der Waals surface area contributed by atoms with Crippen molar-refractivity contribution in [3.8, 4) is 0 Å². The number of carbonyl (C=O) groups excluding carboxylic acids is 5. The molecule has 10 heteroatoms. The van der Waals surface area contributed by atoms with Gasteiger partial charge in [0.25, 0.3) is 0 Å². The van der Waals surface area contributed by atoms with Gasteiger partial charge >= 0.3 is 6.03 Å². The Morgan fingerprint density at radius 3 is 2.16 bits per heavy atom.